The number of halogens is 1. The van der Waals surface area contributed by atoms with Crippen molar-refractivity contribution < 1.29 is 17.6 Å². The molecule has 2 aromatic rings. The molecule has 2 heterocycles. The summed E-state index contributed by atoms with van der Waals surface area (Å²) in [5, 5.41) is 4.31. The van der Waals surface area contributed by atoms with Gasteiger partial charge in [-0.15, -0.1) is 11.3 Å². The number of rotatable bonds is 3. The van der Waals surface area contributed by atoms with Crippen molar-refractivity contribution in [3.05, 3.63) is 46.4 Å². The van der Waals surface area contributed by atoms with Gasteiger partial charge in [-0.05, 0) is 23.6 Å². The quantitative estimate of drug-likeness (QED) is 0.848. The molecule has 0 fully saturated rings. The van der Waals surface area contributed by atoms with Gasteiger partial charge in [-0.2, -0.15) is 8.42 Å². The number of hydrogen-bond acceptors (Lipinski definition) is 4. The summed E-state index contributed by atoms with van der Waals surface area (Å²) in [5.41, 5.74) is 0.450. The molecule has 1 aliphatic heterocycles. The summed E-state index contributed by atoms with van der Waals surface area (Å²) in [6.45, 7) is 0. The van der Waals surface area contributed by atoms with Gasteiger partial charge in [0, 0.05) is 31.1 Å². The van der Waals surface area contributed by atoms with Crippen LogP contribution in [0, 0.1) is 5.82 Å². The second-order valence-electron chi connectivity index (χ2n) is 5.10. The standard InChI is InChI=1S/C15H14FN3O3S2/c1-18-13-8-11(16)12(9-14(13)19(2)24(18,21)22)17-15(20)6-5-10-4-3-7-23-10/h3-9H,1-2H3,(H,17,20)/b6-5+. The number of benzene rings is 1. The summed E-state index contributed by atoms with van der Waals surface area (Å²) in [6.07, 6.45) is 2.92. The number of carbonyl (C=O) groups is 1. The van der Waals surface area contributed by atoms with Crippen molar-refractivity contribution in [3.8, 4) is 0 Å². The molecule has 126 valence electrons. The zero-order valence-electron chi connectivity index (χ0n) is 12.9. The largest absolute Gasteiger partial charge is 0.326 e. The molecule has 6 nitrogen and oxygen atoms in total. The van der Waals surface area contributed by atoms with Gasteiger partial charge in [0.05, 0.1) is 17.1 Å². The van der Waals surface area contributed by atoms with E-state index in [4.69, 9.17) is 0 Å². The predicted octanol–water partition coefficient (Wildman–Crippen LogP) is 2.67. The first-order valence-electron chi connectivity index (χ1n) is 6.89. The molecule has 1 N–H and O–H groups in total. The minimum absolute atomic E-state index is 0.0769. The average Bonchev–Trinajstić information content (AvgIpc) is 3.10. The number of carbonyl (C=O) groups excluding carboxylic acids is 1. The van der Waals surface area contributed by atoms with Gasteiger partial charge in [0.2, 0.25) is 5.91 Å². The molecule has 9 heteroatoms. The van der Waals surface area contributed by atoms with Crippen LogP contribution in [-0.4, -0.2) is 28.4 Å². The molecular weight excluding hydrogens is 353 g/mol. The van der Waals surface area contributed by atoms with E-state index in [2.05, 4.69) is 5.32 Å². The Hall–Kier alpha value is -2.39. The lowest BCUT2D eigenvalue weighted by molar-refractivity contribution is -0.111. The highest BCUT2D eigenvalue weighted by atomic mass is 32.2. The number of fused-ring (bicyclic) bond motifs is 1. The fourth-order valence-electron chi connectivity index (χ4n) is 2.30. The Morgan fingerprint density at radius 1 is 1.25 bits per heavy atom. The Morgan fingerprint density at radius 2 is 1.92 bits per heavy atom. The molecule has 24 heavy (non-hydrogen) atoms. The molecular formula is C15H14FN3O3S2. The number of amides is 1. The number of thiophene rings is 1. The first kappa shape index (κ1) is 16.5. The van der Waals surface area contributed by atoms with Crippen molar-refractivity contribution in [3.63, 3.8) is 0 Å². The van der Waals surface area contributed by atoms with E-state index in [1.54, 1.807) is 6.08 Å². The maximum Gasteiger partial charge on any atom is 0.326 e. The van der Waals surface area contributed by atoms with Crippen LogP contribution in [0.4, 0.5) is 21.5 Å². The number of nitrogens with one attached hydrogen (secondary N) is 1. The fourth-order valence-corrected chi connectivity index (χ4v) is 4.08. The molecule has 0 aliphatic carbocycles. The molecule has 0 saturated heterocycles. The summed E-state index contributed by atoms with van der Waals surface area (Å²) in [6, 6.07) is 6.10. The van der Waals surface area contributed by atoms with Crippen molar-refractivity contribution in [1.29, 1.82) is 0 Å². The summed E-state index contributed by atoms with van der Waals surface area (Å²) in [4.78, 5) is 12.8. The topological polar surface area (TPSA) is 69.7 Å². The lowest BCUT2D eigenvalue weighted by atomic mass is 10.2. The van der Waals surface area contributed by atoms with E-state index in [0.717, 1.165) is 19.6 Å². The normalized spacial score (nSPS) is 15.8. The Bertz CT molecular complexity index is 924. The zero-order valence-corrected chi connectivity index (χ0v) is 14.5. The van der Waals surface area contributed by atoms with Crippen LogP contribution in [0.1, 0.15) is 4.88 Å². The second kappa shape index (κ2) is 5.91. The molecule has 1 amide bonds. The average molecular weight is 367 g/mol. The maximum absolute atomic E-state index is 14.2. The number of nitrogens with zero attached hydrogens (tertiary/aromatic N) is 2. The van der Waals surface area contributed by atoms with Crippen LogP contribution >= 0.6 is 11.3 Å². The molecule has 0 unspecified atom stereocenters. The van der Waals surface area contributed by atoms with Crippen molar-refractivity contribution in [2.24, 2.45) is 0 Å². The predicted molar refractivity (Wildman–Crippen MR) is 94.1 cm³/mol. The molecule has 0 spiro atoms. The molecule has 0 atom stereocenters. The first-order chi connectivity index (χ1) is 11.3. The Morgan fingerprint density at radius 3 is 2.54 bits per heavy atom. The fraction of sp³-hybridized carbons (Fsp3) is 0.133. The van der Waals surface area contributed by atoms with Gasteiger partial charge in [0.1, 0.15) is 5.82 Å². The number of anilines is 3. The van der Waals surface area contributed by atoms with Gasteiger partial charge in [-0.25, -0.2) is 4.39 Å². The Kier molecular flexibility index (Phi) is 4.06. The highest BCUT2D eigenvalue weighted by Gasteiger charge is 2.36. The van der Waals surface area contributed by atoms with E-state index in [-0.39, 0.29) is 11.4 Å². The smallest absolute Gasteiger partial charge is 0.320 e. The third kappa shape index (κ3) is 2.76. The highest BCUT2D eigenvalue weighted by molar-refractivity contribution is 7.94. The molecule has 1 aromatic carbocycles. The Balaban J connectivity index is 1.86. The van der Waals surface area contributed by atoms with E-state index in [9.17, 15) is 17.6 Å². The third-order valence-corrected chi connectivity index (χ3v) is 6.25. The second-order valence-corrected chi connectivity index (χ2v) is 8.07. The minimum Gasteiger partial charge on any atom is -0.320 e. The van der Waals surface area contributed by atoms with E-state index >= 15 is 0 Å². The van der Waals surface area contributed by atoms with E-state index in [0.29, 0.717) is 5.69 Å². The summed E-state index contributed by atoms with van der Waals surface area (Å²) in [7, 11) is -0.971. The van der Waals surface area contributed by atoms with Gasteiger partial charge >= 0.3 is 10.2 Å². The molecule has 3 rings (SSSR count). The monoisotopic (exact) mass is 367 g/mol. The maximum atomic E-state index is 14.2. The van der Waals surface area contributed by atoms with Gasteiger partial charge in [-0.1, -0.05) is 6.07 Å². The molecule has 1 aromatic heterocycles. The van der Waals surface area contributed by atoms with E-state index < -0.39 is 21.9 Å². The van der Waals surface area contributed by atoms with E-state index in [1.165, 1.54) is 37.6 Å². The van der Waals surface area contributed by atoms with Crippen LogP contribution in [0.2, 0.25) is 0 Å². The lowest BCUT2D eigenvalue weighted by Crippen LogP contribution is -2.32. The molecule has 0 saturated carbocycles. The molecule has 0 radical (unpaired) electrons. The Labute approximate surface area is 143 Å². The van der Waals surface area contributed by atoms with Crippen molar-refractivity contribution in [1.82, 2.24) is 0 Å². The van der Waals surface area contributed by atoms with Gasteiger partial charge in [0.25, 0.3) is 0 Å². The molecule has 1 aliphatic rings. The van der Waals surface area contributed by atoms with E-state index in [1.807, 2.05) is 17.5 Å². The van der Waals surface area contributed by atoms with Crippen molar-refractivity contribution in [2.75, 3.05) is 28.0 Å². The van der Waals surface area contributed by atoms with Crippen LogP contribution < -0.4 is 13.9 Å². The van der Waals surface area contributed by atoms with Crippen LogP contribution in [0.15, 0.2) is 35.7 Å². The summed E-state index contributed by atoms with van der Waals surface area (Å²) in [5.74, 6) is -1.21. The highest BCUT2D eigenvalue weighted by Crippen LogP contribution is 2.41. The third-order valence-electron chi connectivity index (χ3n) is 3.63. The van der Waals surface area contributed by atoms with Crippen molar-refractivity contribution >= 4 is 50.6 Å². The summed E-state index contributed by atoms with van der Waals surface area (Å²) >= 11 is 1.47. The van der Waals surface area contributed by atoms with Crippen LogP contribution in [-0.2, 0) is 15.0 Å². The zero-order chi connectivity index (χ0) is 17.5. The first-order valence-corrected chi connectivity index (χ1v) is 9.17. The van der Waals surface area contributed by atoms with Crippen molar-refractivity contribution in [2.45, 2.75) is 0 Å². The van der Waals surface area contributed by atoms with Crippen LogP contribution in [0.25, 0.3) is 6.08 Å². The van der Waals surface area contributed by atoms with Crippen LogP contribution in [0.5, 0.6) is 0 Å². The van der Waals surface area contributed by atoms with Gasteiger partial charge in [0.15, 0.2) is 0 Å². The minimum atomic E-state index is -3.69. The molecule has 0 bridgehead atoms. The van der Waals surface area contributed by atoms with Crippen LogP contribution in [0.3, 0.4) is 0 Å². The lowest BCUT2D eigenvalue weighted by Gasteiger charge is -2.13. The summed E-state index contributed by atoms with van der Waals surface area (Å²) < 4.78 is 40.3. The van der Waals surface area contributed by atoms with Gasteiger partial charge < -0.3 is 5.32 Å². The SMILES string of the molecule is CN1c2cc(F)c(NC(=O)/C=C/c3cccs3)cc2N(C)S1(=O)=O. The van der Waals surface area contributed by atoms with Gasteiger partial charge in [-0.3, -0.25) is 13.4 Å². The number of hydrogen-bond donors (Lipinski definition) is 1.